The van der Waals surface area contributed by atoms with Crippen LogP contribution in [0.2, 0.25) is 0 Å². The zero-order chi connectivity index (χ0) is 20.6. The highest BCUT2D eigenvalue weighted by molar-refractivity contribution is 8.14. The smallest absolute Gasteiger partial charge is 0.261 e. The van der Waals surface area contributed by atoms with E-state index in [1.807, 2.05) is 40.6 Å². The summed E-state index contributed by atoms with van der Waals surface area (Å²) in [6.07, 6.45) is 1.86. The van der Waals surface area contributed by atoms with Crippen molar-refractivity contribution in [1.29, 1.82) is 0 Å². The molecule has 0 aliphatic carbocycles. The number of amidine groups is 1. The molecular formula is C21H25N3O3S2. The number of methoxy groups -OCH3 is 1. The van der Waals surface area contributed by atoms with Crippen LogP contribution in [0.4, 0.5) is 5.69 Å². The molecule has 1 unspecified atom stereocenters. The number of nitrogens with one attached hydrogen (secondary N) is 1. The van der Waals surface area contributed by atoms with Gasteiger partial charge in [0.05, 0.1) is 17.7 Å². The predicted molar refractivity (Wildman–Crippen MR) is 119 cm³/mol. The van der Waals surface area contributed by atoms with Crippen LogP contribution >= 0.6 is 23.1 Å². The molecule has 2 amide bonds. The van der Waals surface area contributed by atoms with Crippen molar-refractivity contribution in [1.82, 2.24) is 10.2 Å². The summed E-state index contributed by atoms with van der Waals surface area (Å²) in [6, 6.07) is 11.3. The number of nitrogens with zero attached hydrogens (tertiary/aromatic N) is 2. The lowest BCUT2D eigenvalue weighted by Crippen LogP contribution is -2.39. The van der Waals surface area contributed by atoms with E-state index in [2.05, 4.69) is 17.2 Å². The van der Waals surface area contributed by atoms with Crippen LogP contribution in [0.25, 0.3) is 0 Å². The van der Waals surface area contributed by atoms with Crippen LogP contribution in [0, 0.1) is 0 Å². The van der Waals surface area contributed by atoms with E-state index in [0.717, 1.165) is 28.8 Å². The Bertz CT molecular complexity index is 851. The van der Waals surface area contributed by atoms with E-state index in [9.17, 15) is 9.59 Å². The second-order valence-electron chi connectivity index (χ2n) is 6.57. The molecule has 0 radical (unpaired) electrons. The van der Waals surface area contributed by atoms with Gasteiger partial charge in [-0.15, -0.1) is 11.3 Å². The molecular weight excluding hydrogens is 406 g/mol. The van der Waals surface area contributed by atoms with Gasteiger partial charge in [-0.1, -0.05) is 24.8 Å². The lowest BCUT2D eigenvalue weighted by molar-refractivity contribution is -0.128. The summed E-state index contributed by atoms with van der Waals surface area (Å²) >= 11 is 3.02. The molecule has 0 saturated carbocycles. The summed E-state index contributed by atoms with van der Waals surface area (Å²) in [5.74, 6) is 1.60. The van der Waals surface area contributed by atoms with Crippen LogP contribution in [-0.2, 0) is 4.79 Å². The Morgan fingerprint density at radius 2 is 2.07 bits per heavy atom. The first-order valence-corrected chi connectivity index (χ1v) is 11.5. The van der Waals surface area contributed by atoms with E-state index in [1.165, 1.54) is 11.3 Å². The molecule has 154 valence electrons. The third kappa shape index (κ3) is 5.61. The molecule has 1 fully saturated rings. The Morgan fingerprint density at radius 3 is 2.72 bits per heavy atom. The molecule has 1 N–H and O–H groups in total. The normalized spacial score (nSPS) is 17.5. The standard InChI is InChI=1S/C21H25N3O3S2/c1-3-16-14-29-21(23-15-8-10-17(27-2)11-9-15)24(16)19(25)7-4-12-22-20(26)18-6-5-13-28-18/h5-6,8-11,13,16H,3-4,7,12,14H2,1-2H3,(H,22,26). The monoisotopic (exact) mass is 431 g/mol. The van der Waals surface area contributed by atoms with Gasteiger partial charge < -0.3 is 10.1 Å². The van der Waals surface area contributed by atoms with Crippen molar-refractivity contribution in [2.75, 3.05) is 19.4 Å². The fourth-order valence-corrected chi connectivity index (χ4v) is 4.92. The van der Waals surface area contributed by atoms with Crippen molar-refractivity contribution in [2.24, 2.45) is 4.99 Å². The number of amides is 2. The molecule has 1 aromatic carbocycles. The molecule has 2 aromatic rings. The minimum Gasteiger partial charge on any atom is -0.497 e. The first-order chi connectivity index (χ1) is 14.1. The lowest BCUT2D eigenvalue weighted by atomic mass is 10.2. The van der Waals surface area contributed by atoms with Crippen LogP contribution in [0.3, 0.4) is 0 Å². The first-order valence-electron chi connectivity index (χ1n) is 9.61. The van der Waals surface area contributed by atoms with Crippen molar-refractivity contribution in [3.63, 3.8) is 0 Å². The topological polar surface area (TPSA) is 71.0 Å². The molecule has 8 heteroatoms. The van der Waals surface area contributed by atoms with E-state index in [1.54, 1.807) is 24.9 Å². The molecule has 2 heterocycles. The Labute approximate surface area is 179 Å². The van der Waals surface area contributed by atoms with Crippen LogP contribution < -0.4 is 10.1 Å². The fraction of sp³-hybridized carbons (Fsp3) is 0.381. The number of thiophene rings is 1. The molecule has 6 nitrogen and oxygen atoms in total. The minimum atomic E-state index is -0.0858. The maximum atomic E-state index is 12.9. The number of aliphatic imine (C=N–C) groups is 1. The van der Waals surface area contributed by atoms with E-state index >= 15 is 0 Å². The number of ether oxygens (including phenoxy) is 1. The van der Waals surface area contributed by atoms with Gasteiger partial charge in [0.1, 0.15) is 5.75 Å². The maximum Gasteiger partial charge on any atom is 0.261 e. The molecule has 1 saturated heterocycles. The number of thioether (sulfide) groups is 1. The van der Waals surface area contributed by atoms with Crippen LogP contribution in [0.15, 0.2) is 46.8 Å². The van der Waals surface area contributed by atoms with Gasteiger partial charge in [0.2, 0.25) is 5.91 Å². The summed E-state index contributed by atoms with van der Waals surface area (Å²) < 4.78 is 5.18. The highest BCUT2D eigenvalue weighted by atomic mass is 32.2. The van der Waals surface area contributed by atoms with Crippen LogP contribution in [0.5, 0.6) is 5.75 Å². The molecule has 29 heavy (non-hydrogen) atoms. The predicted octanol–water partition coefficient (Wildman–Crippen LogP) is 4.31. The fourth-order valence-electron chi connectivity index (χ4n) is 2.99. The average molecular weight is 432 g/mol. The number of hydrogen-bond acceptors (Lipinski definition) is 6. The summed E-state index contributed by atoms with van der Waals surface area (Å²) in [7, 11) is 1.63. The molecule has 0 bridgehead atoms. The molecule has 3 rings (SSSR count). The molecule has 0 spiro atoms. The maximum absolute atomic E-state index is 12.9. The third-order valence-corrected chi connectivity index (χ3v) is 6.58. The largest absolute Gasteiger partial charge is 0.497 e. The van der Waals surface area contributed by atoms with Crippen LogP contribution in [-0.4, -0.2) is 47.3 Å². The number of hydrogen-bond donors (Lipinski definition) is 1. The SMILES string of the molecule is CCC1CSC(=Nc2ccc(OC)cc2)N1C(=O)CCCNC(=O)c1cccs1. The van der Waals surface area contributed by atoms with Gasteiger partial charge >= 0.3 is 0 Å². The Morgan fingerprint density at radius 1 is 1.28 bits per heavy atom. The van der Waals surface area contributed by atoms with Crippen molar-refractivity contribution in [3.05, 3.63) is 46.7 Å². The van der Waals surface area contributed by atoms with E-state index in [0.29, 0.717) is 24.3 Å². The molecule has 1 aliphatic heterocycles. The van der Waals surface area contributed by atoms with Crippen molar-refractivity contribution < 1.29 is 14.3 Å². The highest BCUT2D eigenvalue weighted by Gasteiger charge is 2.33. The van der Waals surface area contributed by atoms with Gasteiger partial charge in [0, 0.05) is 24.8 Å². The molecule has 1 aromatic heterocycles. The Balaban J connectivity index is 1.58. The average Bonchev–Trinajstić information content (AvgIpc) is 3.41. The van der Waals surface area contributed by atoms with E-state index < -0.39 is 0 Å². The second kappa shape index (κ2) is 10.5. The van der Waals surface area contributed by atoms with Gasteiger partial charge in [0.15, 0.2) is 5.17 Å². The number of rotatable bonds is 8. The first kappa shape index (κ1) is 21.4. The summed E-state index contributed by atoms with van der Waals surface area (Å²) in [4.78, 5) is 32.1. The van der Waals surface area contributed by atoms with Gasteiger partial charge in [-0.3, -0.25) is 14.5 Å². The second-order valence-corrected chi connectivity index (χ2v) is 8.50. The van der Waals surface area contributed by atoms with Crippen LogP contribution in [0.1, 0.15) is 35.9 Å². The summed E-state index contributed by atoms with van der Waals surface area (Å²) in [5, 5.41) is 5.49. The van der Waals surface area contributed by atoms with E-state index in [4.69, 9.17) is 4.74 Å². The van der Waals surface area contributed by atoms with Gasteiger partial charge in [-0.25, -0.2) is 4.99 Å². The van der Waals surface area contributed by atoms with Gasteiger partial charge in [-0.05, 0) is 48.6 Å². The summed E-state index contributed by atoms with van der Waals surface area (Å²) in [6.45, 7) is 2.56. The number of carbonyl (C=O) groups excluding carboxylic acids is 2. The number of carbonyl (C=O) groups is 2. The molecule has 1 atom stereocenters. The summed E-state index contributed by atoms with van der Waals surface area (Å²) in [5.41, 5.74) is 0.797. The number of benzene rings is 1. The minimum absolute atomic E-state index is 0.0551. The van der Waals surface area contributed by atoms with Gasteiger partial charge in [-0.2, -0.15) is 0 Å². The zero-order valence-electron chi connectivity index (χ0n) is 16.6. The van der Waals surface area contributed by atoms with E-state index in [-0.39, 0.29) is 17.9 Å². The molecule has 1 aliphatic rings. The van der Waals surface area contributed by atoms with Crippen molar-refractivity contribution in [2.45, 2.75) is 32.2 Å². The Kier molecular flexibility index (Phi) is 7.71. The zero-order valence-corrected chi connectivity index (χ0v) is 18.2. The third-order valence-electron chi connectivity index (χ3n) is 4.61. The van der Waals surface area contributed by atoms with Gasteiger partial charge in [0.25, 0.3) is 5.91 Å². The highest BCUT2D eigenvalue weighted by Crippen LogP contribution is 2.30. The van der Waals surface area contributed by atoms with Crippen molar-refractivity contribution >= 4 is 45.8 Å². The Hall–Kier alpha value is -2.32. The quantitative estimate of drug-likeness (QED) is 0.633. The van der Waals surface area contributed by atoms with Crippen molar-refractivity contribution in [3.8, 4) is 5.75 Å². The lowest BCUT2D eigenvalue weighted by Gasteiger charge is -2.23.